The molecule has 1 aliphatic rings. The van der Waals surface area contributed by atoms with Gasteiger partial charge in [0.15, 0.2) is 4.77 Å². The highest BCUT2D eigenvalue weighted by Gasteiger charge is 2.46. The Morgan fingerprint density at radius 3 is 2.24 bits per heavy atom. The van der Waals surface area contributed by atoms with Gasteiger partial charge in [0.05, 0.1) is 12.2 Å². The molecule has 0 radical (unpaired) electrons. The summed E-state index contributed by atoms with van der Waals surface area (Å²) in [6.07, 6.45) is -5.19. The summed E-state index contributed by atoms with van der Waals surface area (Å²) in [5, 5.41) is 20.0. The maximum absolute atomic E-state index is 11.9. The van der Waals surface area contributed by atoms with Gasteiger partial charge >= 0.3 is 23.5 Å². The van der Waals surface area contributed by atoms with Crippen LogP contribution < -0.4 is 5.56 Å². The maximum atomic E-state index is 11.9. The van der Waals surface area contributed by atoms with Crippen molar-refractivity contribution in [3.63, 3.8) is 0 Å². The molecule has 4 unspecified atom stereocenters. The van der Waals surface area contributed by atoms with Crippen LogP contribution in [-0.4, -0.2) is 64.7 Å². The summed E-state index contributed by atoms with van der Waals surface area (Å²) >= 11 is 4.71. The molecule has 0 spiro atoms. The lowest BCUT2D eigenvalue weighted by atomic mass is 10.0. The van der Waals surface area contributed by atoms with Gasteiger partial charge in [-0.3, -0.25) is 14.3 Å². The lowest BCUT2D eigenvalue weighted by Gasteiger charge is -2.19. The van der Waals surface area contributed by atoms with E-state index in [4.69, 9.17) is 31.6 Å². The van der Waals surface area contributed by atoms with Crippen molar-refractivity contribution in [1.29, 1.82) is 0 Å². The van der Waals surface area contributed by atoms with Gasteiger partial charge in [0, 0.05) is 6.20 Å². The molecule has 6 atom stereocenters. The van der Waals surface area contributed by atoms with E-state index in [2.05, 4.69) is 23.1 Å². The van der Waals surface area contributed by atoms with Crippen LogP contribution in [0.4, 0.5) is 0 Å². The average Bonchev–Trinajstić information content (AvgIpc) is 2.78. The van der Waals surface area contributed by atoms with Gasteiger partial charge in [-0.2, -0.15) is 8.62 Å². The van der Waals surface area contributed by atoms with E-state index in [0.29, 0.717) is 0 Å². The SMILES string of the molecule is O=c1[nH]c(=S)[nH]cc1[C@@H]1O[C@H](COP(=O)(O)OP(=O)(O)OP(=O)(O)O)C(O)C1O. The highest BCUT2D eigenvalue weighted by atomic mass is 32.1. The number of rotatable bonds is 8. The summed E-state index contributed by atoms with van der Waals surface area (Å²) in [5.41, 5.74) is -0.899. The fourth-order valence-electron chi connectivity index (χ4n) is 2.25. The summed E-state index contributed by atoms with van der Waals surface area (Å²) in [6.45, 7) is -1.00. The molecule has 16 nitrogen and oxygen atoms in total. The Morgan fingerprint density at radius 1 is 1.07 bits per heavy atom. The van der Waals surface area contributed by atoms with Crippen LogP contribution in [0.15, 0.2) is 11.0 Å². The smallest absolute Gasteiger partial charge is 0.387 e. The first-order chi connectivity index (χ1) is 13.1. The summed E-state index contributed by atoms with van der Waals surface area (Å²) in [5.74, 6) is 0. The minimum atomic E-state index is -5.71. The molecule has 2 heterocycles. The Morgan fingerprint density at radius 2 is 1.69 bits per heavy atom. The van der Waals surface area contributed by atoms with Crippen molar-refractivity contribution >= 4 is 35.7 Å². The molecule has 0 aromatic carbocycles. The third-order valence-corrected chi connectivity index (χ3v) is 7.36. The van der Waals surface area contributed by atoms with Crippen LogP contribution in [0, 0.1) is 4.77 Å². The van der Waals surface area contributed by atoms with E-state index < -0.39 is 60.1 Å². The molecule has 1 aliphatic heterocycles. The Bertz CT molecular complexity index is 1000. The van der Waals surface area contributed by atoms with Crippen molar-refractivity contribution in [2.75, 3.05) is 6.61 Å². The number of nitrogens with one attached hydrogen (secondary N) is 2. The summed E-state index contributed by atoms with van der Waals surface area (Å²) in [4.78, 5) is 51.9. The number of phosphoric ester groups is 1. The second kappa shape index (κ2) is 8.86. The van der Waals surface area contributed by atoms with E-state index in [9.17, 15) is 33.6 Å². The zero-order valence-electron chi connectivity index (χ0n) is 13.8. The maximum Gasteiger partial charge on any atom is 0.490 e. The van der Waals surface area contributed by atoms with Crippen LogP contribution in [0.25, 0.3) is 0 Å². The number of hydrogen-bond donors (Lipinski definition) is 8. The third-order valence-electron chi connectivity index (χ3n) is 3.33. The van der Waals surface area contributed by atoms with Gasteiger partial charge < -0.3 is 39.5 Å². The van der Waals surface area contributed by atoms with Crippen LogP contribution in [-0.2, 0) is 31.6 Å². The topological polar surface area (TPSA) is 258 Å². The average molecular weight is 500 g/mol. The monoisotopic (exact) mass is 500 g/mol. The lowest BCUT2D eigenvalue weighted by Crippen LogP contribution is -2.33. The van der Waals surface area contributed by atoms with Crippen molar-refractivity contribution in [1.82, 2.24) is 9.97 Å². The van der Waals surface area contributed by atoms with Gasteiger partial charge in [-0.25, -0.2) is 13.7 Å². The van der Waals surface area contributed by atoms with Crippen molar-refractivity contribution in [2.45, 2.75) is 24.4 Å². The second-order valence-corrected chi connectivity index (χ2v) is 10.3. The van der Waals surface area contributed by atoms with Gasteiger partial charge in [0.25, 0.3) is 5.56 Å². The Kier molecular flexibility index (Phi) is 7.54. The van der Waals surface area contributed by atoms with E-state index in [0.717, 1.165) is 6.20 Å². The van der Waals surface area contributed by atoms with Crippen LogP contribution in [0.5, 0.6) is 0 Å². The molecule has 29 heavy (non-hydrogen) atoms. The first-order valence-electron chi connectivity index (χ1n) is 7.22. The first kappa shape index (κ1) is 24.7. The molecule has 2 rings (SSSR count). The van der Waals surface area contributed by atoms with Crippen molar-refractivity contribution in [3.05, 3.63) is 26.9 Å². The number of hydrogen-bond acceptors (Lipinski definition) is 11. The quantitative estimate of drug-likeness (QED) is 0.156. The fraction of sp³-hybridized carbons (Fsp3) is 0.556. The van der Waals surface area contributed by atoms with Crippen molar-refractivity contribution in [2.24, 2.45) is 0 Å². The van der Waals surface area contributed by atoms with Gasteiger partial charge in [0.2, 0.25) is 0 Å². The molecule has 1 aromatic rings. The largest absolute Gasteiger partial charge is 0.490 e. The van der Waals surface area contributed by atoms with E-state index in [1.807, 2.05) is 0 Å². The molecule has 1 fully saturated rings. The molecule has 0 aliphatic carbocycles. The minimum Gasteiger partial charge on any atom is -0.387 e. The number of ether oxygens (including phenoxy) is 1. The molecule has 166 valence electrons. The van der Waals surface area contributed by atoms with E-state index in [-0.39, 0.29) is 10.3 Å². The molecule has 0 amide bonds. The molecular weight excluding hydrogens is 485 g/mol. The molecule has 8 N–H and O–H groups in total. The van der Waals surface area contributed by atoms with Crippen molar-refractivity contribution < 1.29 is 61.4 Å². The second-order valence-electron chi connectivity index (χ2n) is 5.49. The Hall–Kier alpha value is -0.610. The molecule has 0 bridgehead atoms. The molecular formula is C9H15N2O14P3S. The Balaban J connectivity index is 2.06. The number of H-pyrrole nitrogens is 2. The normalized spacial score (nSPS) is 29.3. The third kappa shape index (κ3) is 6.95. The summed E-state index contributed by atoms with van der Waals surface area (Å²) in [7, 11) is -16.7. The number of phosphoric acid groups is 3. The highest BCUT2D eigenvalue weighted by molar-refractivity contribution is 7.71. The van der Waals surface area contributed by atoms with E-state index in [1.54, 1.807) is 0 Å². The van der Waals surface area contributed by atoms with E-state index in [1.165, 1.54) is 0 Å². The number of aliphatic hydroxyl groups is 2. The molecule has 0 saturated carbocycles. The predicted octanol–water partition coefficient (Wildman–Crippen LogP) is -1.06. The zero-order valence-corrected chi connectivity index (χ0v) is 17.3. The Labute approximate surface area is 165 Å². The molecule has 1 saturated heterocycles. The number of aromatic nitrogens is 2. The standard InChI is InChI=1S/C9H15N2O14P3S/c12-5-4(2-22-27(18,19)25-28(20,21)24-26(15,16)17)23-7(6(5)13)3-1-10-9(29)11-8(3)14/h1,4-7,12-13H,2H2,(H,18,19)(H,20,21)(H2,15,16,17)(H2,10,11,14,29)/t4-,5?,6?,7+/m1/s1. The van der Waals surface area contributed by atoms with Crippen LogP contribution in [0.2, 0.25) is 0 Å². The first-order valence-corrected chi connectivity index (χ1v) is 12.1. The van der Waals surface area contributed by atoms with Crippen molar-refractivity contribution in [3.8, 4) is 0 Å². The minimum absolute atomic E-state index is 0.0176. The van der Waals surface area contributed by atoms with Crippen LogP contribution in [0.1, 0.15) is 11.7 Å². The lowest BCUT2D eigenvalue weighted by molar-refractivity contribution is -0.0227. The summed E-state index contributed by atoms with van der Waals surface area (Å²) in [6, 6.07) is 0. The summed E-state index contributed by atoms with van der Waals surface area (Å²) < 4.78 is 50.1. The zero-order chi connectivity index (χ0) is 22.2. The molecule has 1 aromatic heterocycles. The van der Waals surface area contributed by atoms with Gasteiger partial charge in [-0.1, -0.05) is 0 Å². The predicted molar refractivity (Wildman–Crippen MR) is 91.7 cm³/mol. The van der Waals surface area contributed by atoms with Gasteiger partial charge in [0.1, 0.15) is 24.4 Å². The van der Waals surface area contributed by atoms with Crippen LogP contribution >= 0.6 is 35.7 Å². The fourth-order valence-corrected chi connectivity index (χ4v) is 5.43. The number of aliphatic hydroxyl groups excluding tert-OH is 2. The van der Waals surface area contributed by atoms with Gasteiger partial charge in [-0.15, -0.1) is 0 Å². The van der Waals surface area contributed by atoms with Crippen LogP contribution in [0.3, 0.4) is 0 Å². The van der Waals surface area contributed by atoms with E-state index >= 15 is 0 Å². The molecule has 20 heteroatoms. The number of aromatic amines is 2. The van der Waals surface area contributed by atoms with Gasteiger partial charge in [-0.05, 0) is 12.2 Å². The highest BCUT2D eigenvalue weighted by Crippen LogP contribution is 2.66.